The Balaban J connectivity index is 2.28. The molecule has 1 aliphatic carbocycles. The number of hydrogen-bond acceptors (Lipinski definition) is 2. The molecule has 2 nitrogen and oxygen atoms in total. The molecule has 0 radical (unpaired) electrons. The van der Waals surface area contributed by atoms with Crippen molar-refractivity contribution in [3.8, 4) is 11.8 Å². The highest BCUT2D eigenvalue weighted by atomic mass is 16.3. The third-order valence-corrected chi connectivity index (χ3v) is 3.94. The van der Waals surface area contributed by atoms with Crippen molar-refractivity contribution >= 4 is 0 Å². The van der Waals surface area contributed by atoms with Crippen molar-refractivity contribution in [2.24, 2.45) is 0 Å². The highest BCUT2D eigenvalue weighted by Crippen LogP contribution is 2.40. The number of allylic oxidation sites excluding steroid dienone is 2. The molecule has 0 saturated heterocycles. The Hall–Kier alpha value is -1.75. The molecule has 0 unspecified atom stereocenters. The van der Waals surface area contributed by atoms with Crippen LogP contribution in [0.15, 0.2) is 36.4 Å². The summed E-state index contributed by atoms with van der Waals surface area (Å²) in [6.07, 6.45) is 10.3. The van der Waals surface area contributed by atoms with Crippen LogP contribution in [0.1, 0.15) is 44.1 Å². The van der Waals surface area contributed by atoms with Gasteiger partial charge in [-0.2, -0.15) is 5.26 Å². The Bertz CT molecular complexity index is 443. The van der Waals surface area contributed by atoms with Crippen molar-refractivity contribution in [2.45, 2.75) is 43.9 Å². The second kappa shape index (κ2) is 5.73. The third-order valence-electron chi connectivity index (χ3n) is 3.94. The van der Waals surface area contributed by atoms with Crippen LogP contribution in [0.5, 0.6) is 5.75 Å². The van der Waals surface area contributed by atoms with Crippen LogP contribution in [0.3, 0.4) is 0 Å². The standard InChI is InChI=1S/C16H19NO/c17-13-5-12-16(10-3-1-2-4-11-16)14-6-8-15(18)9-7-14/h1-2,6-9,18H,3-5,10-12H2. The van der Waals surface area contributed by atoms with Crippen LogP contribution in [0.4, 0.5) is 0 Å². The summed E-state index contributed by atoms with van der Waals surface area (Å²) in [5.74, 6) is 0.306. The van der Waals surface area contributed by atoms with Gasteiger partial charge in [0.15, 0.2) is 0 Å². The van der Waals surface area contributed by atoms with Crippen molar-refractivity contribution < 1.29 is 5.11 Å². The van der Waals surface area contributed by atoms with Crippen LogP contribution in [0.25, 0.3) is 0 Å². The second-order valence-electron chi connectivity index (χ2n) is 5.03. The lowest BCUT2D eigenvalue weighted by Crippen LogP contribution is -2.25. The second-order valence-corrected chi connectivity index (χ2v) is 5.03. The molecule has 1 aromatic carbocycles. The first-order chi connectivity index (χ1) is 8.77. The van der Waals surface area contributed by atoms with E-state index in [0.29, 0.717) is 12.2 Å². The van der Waals surface area contributed by atoms with Gasteiger partial charge in [-0.1, -0.05) is 24.3 Å². The normalized spacial score (nSPS) is 17.9. The van der Waals surface area contributed by atoms with Gasteiger partial charge in [-0.3, -0.25) is 0 Å². The van der Waals surface area contributed by atoms with Crippen molar-refractivity contribution in [2.75, 3.05) is 0 Å². The van der Waals surface area contributed by atoms with Gasteiger partial charge in [0.2, 0.25) is 0 Å². The van der Waals surface area contributed by atoms with Gasteiger partial charge in [-0.25, -0.2) is 0 Å². The van der Waals surface area contributed by atoms with Crippen molar-refractivity contribution in [3.05, 3.63) is 42.0 Å². The number of hydrogen-bond donors (Lipinski definition) is 1. The largest absolute Gasteiger partial charge is 0.508 e. The first-order valence-corrected chi connectivity index (χ1v) is 6.58. The van der Waals surface area contributed by atoms with E-state index in [4.69, 9.17) is 5.26 Å². The van der Waals surface area contributed by atoms with Gasteiger partial charge in [-0.15, -0.1) is 0 Å². The number of phenols is 1. The number of aromatic hydroxyl groups is 1. The van der Waals surface area contributed by atoms with E-state index < -0.39 is 0 Å². The molecule has 94 valence electrons. The van der Waals surface area contributed by atoms with E-state index in [1.54, 1.807) is 12.1 Å². The van der Waals surface area contributed by atoms with Gasteiger partial charge < -0.3 is 5.11 Å². The quantitative estimate of drug-likeness (QED) is 0.811. The predicted octanol–water partition coefficient (Wildman–Crippen LogP) is 4.06. The van der Waals surface area contributed by atoms with E-state index in [-0.39, 0.29) is 5.41 Å². The fourth-order valence-corrected chi connectivity index (χ4v) is 2.87. The van der Waals surface area contributed by atoms with Crippen LogP contribution in [0.2, 0.25) is 0 Å². The van der Waals surface area contributed by atoms with Crippen molar-refractivity contribution in [1.29, 1.82) is 5.26 Å². The summed E-state index contributed by atoms with van der Waals surface area (Å²) >= 11 is 0. The molecule has 0 spiro atoms. The Morgan fingerprint density at radius 1 is 1.11 bits per heavy atom. The zero-order valence-corrected chi connectivity index (χ0v) is 10.6. The van der Waals surface area contributed by atoms with Gasteiger partial charge in [-0.05, 0) is 55.2 Å². The zero-order valence-electron chi connectivity index (χ0n) is 10.6. The summed E-state index contributed by atoms with van der Waals surface area (Å²) < 4.78 is 0. The molecular weight excluding hydrogens is 222 g/mol. The molecule has 1 aromatic rings. The predicted molar refractivity (Wildman–Crippen MR) is 72.2 cm³/mol. The molecule has 1 aliphatic rings. The summed E-state index contributed by atoms with van der Waals surface area (Å²) in [6, 6.07) is 9.80. The van der Waals surface area contributed by atoms with Crippen LogP contribution in [0, 0.1) is 11.3 Å². The lowest BCUT2D eigenvalue weighted by Gasteiger charge is -2.33. The minimum atomic E-state index is 0.104. The summed E-state index contributed by atoms with van der Waals surface area (Å²) in [4.78, 5) is 0. The van der Waals surface area contributed by atoms with Crippen LogP contribution in [-0.2, 0) is 5.41 Å². The molecule has 18 heavy (non-hydrogen) atoms. The van der Waals surface area contributed by atoms with Gasteiger partial charge in [0.25, 0.3) is 0 Å². The molecule has 1 N–H and O–H groups in total. The molecule has 2 rings (SSSR count). The minimum Gasteiger partial charge on any atom is -0.508 e. The maximum atomic E-state index is 9.41. The Morgan fingerprint density at radius 2 is 1.72 bits per heavy atom. The fraction of sp³-hybridized carbons (Fsp3) is 0.438. The maximum Gasteiger partial charge on any atom is 0.115 e. The minimum absolute atomic E-state index is 0.104. The molecular formula is C16H19NO. The van der Waals surface area contributed by atoms with E-state index in [1.807, 2.05) is 12.1 Å². The smallest absolute Gasteiger partial charge is 0.115 e. The van der Waals surface area contributed by atoms with Gasteiger partial charge in [0.1, 0.15) is 5.75 Å². The summed E-state index contributed by atoms with van der Waals surface area (Å²) in [5.41, 5.74) is 1.37. The summed E-state index contributed by atoms with van der Waals surface area (Å²) in [5, 5.41) is 18.3. The number of phenolic OH excluding ortho intramolecular Hbond substituents is 1. The molecule has 0 fully saturated rings. The number of benzene rings is 1. The van der Waals surface area contributed by atoms with E-state index in [2.05, 4.69) is 18.2 Å². The molecule has 0 amide bonds. The topological polar surface area (TPSA) is 44.0 Å². The number of nitriles is 1. The van der Waals surface area contributed by atoms with Crippen LogP contribution >= 0.6 is 0 Å². The molecule has 0 saturated carbocycles. The maximum absolute atomic E-state index is 9.41. The lowest BCUT2D eigenvalue weighted by molar-refractivity contribution is 0.351. The Labute approximate surface area is 109 Å². The number of nitrogens with zero attached hydrogens (tertiary/aromatic N) is 1. The SMILES string of the molecule is N#CCCC1(c2ccc(O)cc2)CCC=CCC1. The summed E-state index contributed by atoms with van der Waals surface area (Å²) in [7, 11) is 0. The van der Waals surface area contributed by atoms with Crippen molar-refractivity contribution in [1.82, 2.24) is 0 Å². The zero-order chi connectivity index (χ0) is 12.8. The number of rotatable bonds is 3. The van der Waals surface area contributed by atoms with Gasteiger partial charge >= 0.3 is 0 Å². The summed E-state index contributed by atoms with van der Waals surface area (Å²) in [6.45, 7) is 0. The highest BCUT2D eigenvalue weighted by Gasteiger charge is 2.31. The average Bonchev–Trinajstić information content (AvgIpc) is 2.64. The van der Waals surface area contributed by atoms with E-state index in [0.717, 1.165) is 32.1 Å². The molecule has 0 aromatic heterocycles. The third kappa shape index (κ3) is 2.73. The molecule has 0 atom stereocenters. The van der Waals surface area contributed by atoms with Gasteiger partial charge in [0.05, 0.1) is 6.07 Å². The lowest BCUT2D eigenvalue weighted by atomic mass is 9.71. The Morgan fingerprint density at radius 3 is 2.28 bits per heavy atom. The molecule has 0 bridgehead atoms. The molecule has 0 heterocycles. The monoisotopic (exact) mass is 241 g/mol. The first-order valence-electron chi connectivity index (χ1n) is 6.58. The Kier molecular flexibility index (Phi) is 4.04. The highest BCUT2D eigenvalue weighted by molar-refractivity contribution is 5.32. The van der Waals surface area contributed by atoms with Gasteiger partial charge in [0, 0.05) is 6.42 Å². The molecule has 2 heteroatoms. The van der Waals surface area contributed by atoms with Crippen molar-refractivity contribution in [3.63, 3.8) is 0 Å². The molecule has 0 aliphatic heterocycles. The fourth-order valence-electron chi connectivity index (χ4n) is 2.87. The van der Waals surface area contributed by atoms with Crippen LogP contribution in [-0.4, -0.2) is 5.11 Å². The van der Waals surface area contributed by atoms with Crippen LogP contribution < -0.4 is 0 Å². The first kappa shape index (κ1) is 12.7. The van der Waals surface area contributed by atoms with E-state index in [9.17, 15) is 5.11 Å². The van der Waals surface area contributed by atoms with E-state index in [1.165, 1.54) is 5.56 Å². The average molecular weight is 241 g/mol. The van der Waals surface area contributed by atoms with E-state index >= 15 is 0 Å².